The number of hydrogen-bond donors (Lipinski definition) is 2. The van der Waals surface area contributed by atoms with Gasteiger partial charge in [-0.25, -0.2) is 0 Å². The van der Waals surface area contributed by atoms with Crippen molar-refractivity contribution in [3.05, 3.63) is 0 Å². The normalized spacial score (nSPS) is 35.0. The Labute approximate surface area is 93.5 Å². The smallest absolute Gasteiger partial charge is 0.0863 e. The van der Waals surface area contributed by atoms with Crippen molar-refractivity contribution in [2.75, 3.05) is 0 Å². The van der Waals surface area contributed by atoms with Crippen molar-refractivity contribution in [2.45, 2.75) is 82.4 Å². The summed E-state index contributed by atoms with van der Waals surface area (Å²) in [5.74, 6) is 0. The van der Waals surface area contributed by atoms with Gasteiger partial charge in [-0.2, -0.15) is 0 Å². The molecule has 0 radical (unpaired) electrons. The summed E-state index contributed by atoms with van der Waals surface area (Å²) in [4.78, 5) is 0. The highest BCUT2D eigenvalue weighted by molar-refractivity contribution is 4.71. The van der Waals surface area contributed by atoms with E-state index >= 15 is 0 Å². The molecule has 0 atom stereocenters. The minimum atomic E-state index is 0.00350. The molecule has 2 nitrogen and oxygen atoms in total. The fourth-order valence-corrected chi connectivity index (χ4v) is 3.18. The van der Waals surface area contributed by atoms with Crippen molar-refractivity contribution in [1.29, 1.82) is 0 Å². The second-order valence-electron chi connectivity index (χ2n) is 5.51. The van der Waals surface area contributed by atoms with Gasteiger partial charge < -0.3 is 10.4 Å². The topological polar surface area (TPSA) is 36.8 Å². The van der Waals surface area contributed by atoms with Gasteiger partial charge in [0, 0.05) is 12.8 Å². The maximum Gasteiger partial charge on any atom is 0.0863 e. The van der Waals surface area contributed by atoms with Crippen LogP contribution in [0, 0.1) is 0 Å². The molecule has 0 aromatic carbocycles. The zero-order valence-corrected chi connectivity index (χ0v) is 9.83. The molecule has 2 saturated carbocycles. The molecule has 0 aliphatic heterocycles. The van der Waals surface area contributed by atoms with E-state index in [1.54, 1.807) is 0 Å². The van der Waals surface area contributed by atoms with E-state index in [9.17, 15) is 5.11 Å². The van der Waals surface area contributed by atoms with Gasteiger partial charge in [-0.3, -0.25) is 0 Å². The molecule has 0 amide bonds. The van der Waals surface area contributed by atoms with E-state index < -0.39 is 0 Å². The van der Waals surface area contributed by atoms with Gasteiger partial charge in [-0.15, -0.1) is 0 Å². The molecule has 0 heterocycles. The molecule has 2 aliphatic carbocycles. The Hall–Kier alpha value is -0.0800. The lowest BCUT2D eigenvalue weighted by molar-refractivity contribution is -0.725. The molecule has 3 N–H and O–H groups in total. The van der Waals surface area contributed by atoms with Crippen LogP contribution in [-0.4, -0.2) is 23.3 Å². The van der Waals surface area contributed by atoms with Crippen LogP contribution in [0.2, 0.25) is 0 Å². The van der Waals surface area contributed by atoms with Gasteiger partial charge in [0.1, 0.15) is 0 Å². The largest absolute Gasteiger partial charge is 0.393 e. The van der Waals surface area contributed by atoms with Gasteiger partial charge in [0.05, 0.1) is 18.2 Å². The molecule has 2 rings (SSSR count). The van der Waals surface area contributed by atoms with Crippen LogP contribution in [0.5, 0.6) is 0 Å². The van der Waals surface area contributed by atoms with Crippen LogP contribution in [0.1, 0.15) is 64.2 Å². The molecular weight excluding hydrogens is 186 g/mol. The van der Waals surface area contributed by atoms with E-state index in [0.717, 1.165) is 24.9 Å². The van der Waals surface area contributed by atoms with E-state index in [-0.39, 0.29) is 6.10 Å². The molecular formula is C13H26NO+. The fraction of sp³-hybridized carbons (Fsp3) is 1.00. The van der Waals surface area contributed by atoms with E-state index in [1.165, 1.54) is 51.4 Å². The van der Waals surface area contributed by atoms with Gasteiger partial charge in [0.15, 0.2) is 0 Å². The zero-order valence-electron chi connectivity index (χ0n) is 9.83. The Bertz CT molecular complexity index is 167. The molecule has 0 unspecified atom stereocenters. The molecule has 0 aromatic rings. The lowest BCUT2D eigenvalue weighted by Crippen LogP contribution is -2.95. The van der Waals surface area contributed by atoms with Crippen LogP contribution in [0.3, 0.4) is 0 Å². The average Bonchev–Trinajstić information content (AvgIpc) is 2.50. The van der Waals surface area contributed by atoms with E-state index in [4.69, 9.17) is 0 Å². The predicted molar refractivity (Wildman–Crippen MR) is 61.7 cm³/mol. The first-order valence-corrected chi connectivity index (χ1v) is 6.87. The van der Waals surface area contributed by atoms with Crippen LogP contribution in [0.25, 0.3) is 0 Å². The summed E-state index contributed by atoms with van der Waals surface area (Å²) in [6.07, 6.45) is 13.2. The summed E-state index contributed by atoms with van der Waals surface area (Å²) in [7, 11) is 0. The van der Waals surface area contributed by atoms with Crippen LogP contribution in [0.15, 0.2) is 0 Å². The summed E-state index contributed by atoms with van der Waals surface area (Å²) in [5.41, 5.74) is 0. The molecule has 2 heteroatoms. The first kappa shape index (κ1) is 11.4. The first-order chi connectivity index (χ1) is 7.34. The number of rotatable bonds is 2. The van der Waals surface area contributed by atoms with Gasteiger partial charge in [0.25, 0.3) is 0 Å². The number of nitrogens with two attached hydrogens (primary N) is 1. The second kappa shape index (κ2) is 5.86. The van der Waals surface area contributed by atoms with Crippen LogP contribution >= 0.6 is 0 Å². The van der Waals surface area contributed by atoms with Crippen molar-refractivity contribution in [1.82, 2.24) is 0 Å². The third-order valence-electron chi connectivity index (χ3n) is 4.19. The number of hydrogen-bond acceptors (Lipinski definition) is 1. The summed E-state index contributed by atoms with van der Waals surface area (Å²) >= 11 is 0. The Morgan fingerprint density at radius 2 is 1.20 bits per heavy atom. The molecule has 0 spiro atoms. The lowest BCUT2D eigenvalue weighted by Gasteiger charge is -2.27. The van der Waals surface area contributed by atoms with Crippen molar-refractivity contribution in [3.63, 3.8) is 0 Å². The number of quaternary nitrogens is 1. The summed E-state index contributed by atoms with van der Waals surface area (Å²) in [5, 5.41) is 12.1. The number of aliphatic hydroxyl groups is 1. The summed E-state index contributed by atoms with van der Waals surface area (Å²) < 4.78 is 0. The quantitative estimate of drug-likeness (QED) is 0.670. The molecule has 15 heavy (non-hydrogen) atoms. The average molecular weight is 212 g/mol. The van der Waals surface area contributed by atoms with E-state index in [2.05, 4.69) is 5.32 Å². The van der Waals surface area contributed by atoms with Crippen LogP contribution in [-0.2, 0) is 0 Å². The minimum absolute atomic E-state index is 0.00350. The predicted octanol–water partition coefficient (Wildman–Crippen LogP) is 1.58. The maximum absolute atomic E-state index is 9.46. The van der Waals surface area contributed by atoms with Crippen LogP contribution < -0.4 is 5.32 Å². The molecule has 2 aliphatic rings. The third kappa shape index (κ3) is 3.76. The summed E-state index contributed by atoms with van der Waals surface area (Å²) in [6, 6.07) is 1.71. The zero-order chi connectivity index (χ0) is 10.5. The Balaban J connectivity index is 1.70. The molecule has 0 saturated heterocycles. The van der Waals surface area contributed by atoms with Crippen molar-refractivity contribution in [2.24, 2.45) is 0 Å². The third-order valence-corrected chi connectivity index (χ3v) is 4.19. The SMILES string of the molecule is OC1CCC([NH2+]C2CCCCCC2)CC1. The van der Waals surface area contributed by atoms with Crippen LogP contribution in [0.4, 0.5) is 0 Å². The second-order valence-corrected chi connectivity index (χ2v) is 5.51. The van der Waals surface area contributed by atoms with Crippen molar-refractivity contribution in [3.8, 4) is 0 Å². The van der Waals surface area contributed by atoms with Gasteiger partial charge >= 0.3 is 0 Å². The Kier molecular flexibility index (Phi) is 4.45. The standard InChI is InChI=1S/C13H25NO/c15-13-9-7-12(8-10-13)14-11-5-3-1-2-4-6-11/h11-15H,1-10H2/p+1. The maximum atomic E-state index is 9.46. The van der Waals surface area contributed by atoms with E-state index in [0.29, 0.717) is 0 Å². The van der Waals surface area contributed by atoms with Gasteiger partial charge in [-0.1, -0.05) is 12.8 Å². The van der Waals surface area contributed by atoms with Crippen molar-refractivity contribution >= 4 is 0 Å². The first-order valence-electron chi connectivity index (χ1n) is 6.87. The van der Waals surface area contributed by atoms with Gasteiger partial charge in [-0.05, 0) is 38.5 Å². The van der Waals surface area contributed by atoms with E-state index in [1.807, 2.05) is 0 Å². The summed E-state index contributed by atoms with van der Waals surface area (Å²) in [6.45, 7) is 0. The monoisotopic (exact) mass is 212 g/mol. The molecule has 2 fully saturated rings. The molecule has 0 bridgehead atoms. The highest BCUT2D eigenvalue weighted by Gasteiger charge is 2.25. The Morgan fingerprint density at radius 1 is 0.667 bits per heavy atom. The number of aliphatic hydroxyl groups excluding tert-OH is 1. The fourth-order valence-electron chi connectivity index (χ4n) is 3.18. The molecule has 0 aromatic heterocycles. The molecule has 88 valence electrons. The highest BCUT2D eigenvalue weighted by atomic mass is 16.3. The van der Waals surface area contributed by atoms with Gasteiger partial charge in [0.2, 0.25) is 0 Å². The minimum Gasteiger partial charge on any atom is -0.393 e. The Morgan fingerprint density at radius 3 is 1.80 bits per heavy atom. The lowest BCUT2D eigenvalue weighted by atomic mass is 9.92. The van der Waals surface area contributed by atoms with Crippen molar-refractivity contribution < 1.29 is 10.4 Å². The highest BCUT2D eigenvalue weighted by Crippen LogP contribution is 2.18.